The fourth-order valence-corrected chi connectivity index (χ4v) is 3.88. The molecular weight excluding hydrogens is 308 g/mol. The van der Waals surface area contributed by atoms with Crippen molar-refractivity contribution in [3.8, 4) is 0 Å². The maximum absolute atomic E-state index is 12.9. The lowest BCUT2D eigenvalue weighted by atomic mass is 10.1. The maximum atomic E-state index is 12.9. The summed E-state index contributed by atoms with van der Waals surface area (Å²) in [6, 6.07) is 11.5. The fourth-order valence-electron chi connectivity index (χ4n) is 3.00. The molecule has 5 heteroatoms. The van der Waals surface area contributed by atoms with Crippen LogP contribution in [0.25, 0.3) is 0 Å². The van der Waals surface area contributed by atoms with Crippen molar-refractivity contribution in [2.45, 2.75) is 32.7 Å². The van der Waals surface area contributed by atoms with Gasteiger partial charge in [0.2, 0.25) is 11.8 Å². The second-order valence-corrected chi connectivity index (χ2v) is 7.32. The van der Waals surface area contributed by atoms with Crippen LogP contribution in [-0.2, 0) is 16.0 Å². The molecule has 1 aromatic heterocycles. The van der Waals surface area contributed by atoms with E-state index in [-0.39, 0.29) is 17.9 Å². The van der Waals surface area contributed by atoms with E-state index < -0.39 is 0 Å². The smallest absolute Gasteiger partial charge is 0.232 e. The predicted octanol–water partition coefficient (Wildman–Crippen LogP) is 3.39. The van der Waals surface area contributed by atoms with Gasteiger partial charge in [0.25, 0.3) is 0 Å². The van der Waals surface area contributed by atoms with Crippen molar-refractivity contribution in [2.24, 2.45) is 0 Å². The number of benzene rings is 1. The molecule has 1 atom stereocenters. The zero-order chi connectivity index (χ0) is 16.6. The number of aryl methyl sites for hydroxylation is 1. The minimum atomic E-state index is -0.151. The Morgan fingerprint density at radius 1 is 1.22 bits per heavy atom. The lowest BCUT2D eigenvalue weighted by molar-refractivity contribution is -0.119. The minimum Gasteiger partial charge on any atom is -0.313 e. The van der Waals surface area contributed by atoms with Crippen LogP contribution in [0.1, 0.15) is 23.1 Å². The van der Waals surface area contributed by atoms with Crippen molar-refractivity contribution in [3.63, 3.8) is 0 Å². The number of carbonyl (C=O) groups excluding carboxylic acids is 2. The summed E-state index contributed by atoms with van der Waals surface area (Å²) < 4.78 is 0. The highest BCUT2D eigenvalue weighted by Gasteiger charge is 2.32. The lowest BCUT2D eigenvalue weighted by Crippen LogP contribution is -2.40. The van der Waals surface area contributed by atoms with Crippen LogP contribution in [0.5, 0.6) is 0 Å². The molecule has 0 aliphatic carbocycles. The molecule has 1 unspecified atom stereocenters. The number of hydrogen-bond donors (Lipinski definition) is 0. The first-order valence-corrected chi connectivity index (χ1v) is 8.52. The molecular formula is C18H20N2O2S. The SMILES string of the molecule is Cc1ccc(CC(=O)N2c3ccccc3N(C)C(=O)CC2C)s1. The third-order valence-corrected chi connectivity index (χ3v) is 5.18. The Hall–Kier alpha value is -2.14. The third kappa shape index (κ3) is 3.01. The number of nitrogens with zero attached hydrogens (tertiary/aromatic N) is 2. The first-order chi connectivity index (χ1) is 11.0. The summed E-state index contributed by atoms with van der Waals surface area (Å²) in [4.78, 5) is 30.9. The van der Waals surface area contributed by atoms with Crippen LogP contribution < -0.4 is 9.80 Å². The summed E-state index contributed by atoms with van der Waals surface area (Å²) in [7, 11) is 1.77. The Morgan fingerprint density at radius 3 is 2.57 bits per heavy atom. The van der Waals surface area contributed by atoms with E-state index in [0.717, 1.165) is 16.3 Å². The summed E-state index contributed by atoms with van der Waals surface area (Å²) >= 11 is 1.64. The summed E-state index contributed by atoms with van der Waals surface area (Å²) in [5.41, 5.74) is 1.60. The van der Waals surface area contributed by atoms with Gasteiger partial charge in [0, 0.05) is 29.3 Å². The molecule has 1 aliphatic rings. The van der Waals surface area contributed by atoms with Crippen molar-refractivity contribution in [1.82, 2.24) is 0 Å². The van der Waals surface area contributed by atoms with Crippen LogP contribution in [0, 0.1) is 6.92 Å². The quantitative estimate of drug-likeness (QED) is 0.848. The zero-order valence-corrected chi connectivity index (χ0v) is 14.4. The van der Waals surface area contributed by atoms with Crippen LogP contribution >= 0.6 is 11.3 Å². The first kappa shape index (κ1) is 15.7. The molecule has 2 amide bonds. The summed E-state index contributed by atoms with van der Waals surface area (Å²) in [6.07, 6.45) is 0.704. The first-order valence-electron chi connectivity index (χ1n) is 7.70. The van der Waals surface area contributed by atoms with Gasteiger partial charge in [-0.25, -0.2) is 0 Å². The zero-order valence-electron chi connectivity index (χ0n) is 13.6. The van der Waals surface area contributed by atoms with Crippen molar-refractivity contribution >= 4 is 34.5 Å². The largest absolute Gasteiger partial charge is 0.313 e. The molecule has 1 aliphatic heterocycles. The lowest BCUT2D eigenvalue weighted by Gasteiger charge is -2.28. The molecule has 23 heavy (non-hydrogen) atoms. The topological polar surface area (TPSA) is 40.6 Å². The number of hydrogen-bond acceptors (Lipinski definition) is 3. The van der Waals surface area contributed by atoms with Crippen molar-refractivity contribution in [3.05, 3.63) is 46.2 Å². The number of para-hydroxylation sites is 2. The highest BCUT2D eigenvalue weighted by molar-refractivity contribution is 7.12. The van der Waals surface area contributed by atoms with E-state index in [0.29, 0.717) is 12.8 Å². The van der Waals surface area contributed by atoms with E-state index >= 15 is 0 Å². The molecule has 0 saturated carbocycles. The van der Waals surface area contributed by atoms with E-state index in [1.807, 2.05) is 50.2 Å². The number of rotatable bonds is 2. The number of anilines is 2. The third-order valence-electron chi connectivity index (χ3n) is 4.18. The molecule has 0 radical (unpaired) electrons. The van der Waals surface area contributed by atoms with Crippen LogP contribution in [0.4, 0.5) is 11.4 Å². The van der Waals surface area contributed by atoms with Gasteiger partial charge in [-0.1, -0.05) is 12.1 Å². The molecule has 2 aromatic rings. The highest BCUT2D eigenvalue weighted by Crippen LogP contribution is 2.34. The van der Waals surface area contributed by atoms with E-state index in [9.17, 15) is 9.59 Å². The number of carbonyl (C=O) groups is 2. The monoisotopic (exact) mass is 328 g/mol. The Bertz CT molecular complexity index is 753. The van der Waals surface area contributed by atoms with Gasteiger partial charge in [-0.2, -0.15) is 0 Å². The molecule has 0 bridgehead atoms. The Balaban J connectivity index is 1.97. The van der Waals surface area contributed by atoms with Gasteiger partial charge in [0.1, 0.15) is 0 Å². The Kier molecular flexibility index (Phi) is 4.22. The second kappa shape index (κ2) is 6.16. The number of fused-ring (bicyclic) bond motifs is 1. The van der Waals surface area contributed by atoms with E-state index in [1.54, 1.807) is 28.2 Å². The van der Waals surface area contributed by atoms with Crippen molar-refractivity contribution in [2.75, 3.05) is 16.8 Å². The van der Waals surface area contributed by atoms with Gasteiger partial charge >= 0.3 is 0 Å². The molecule has 2 heterocycles. The van der Waals surface area contributed by atoms with Crippen molar-refractivity contribution < 1.29 is 9.59 Å². The van der Waals surface area contributed by atoms with Gasteiger partial charge in [0.15, 0.2) is 0 Å². The molecule has 3 rings (SSSR count). The fraction of sp³-hybridized carbons (Fsp3) is 0.333. The van der Waals surface area contributed by atoms with Gasteiger partial charge in [0.05, 0.1) is 17.8 Å². The number of thiophene rings is 1. The Labute approximate surface area is 140 Å². The molecule has 0 saturated heterocycles. The normalized spacial score (nSPS) is 17.9. The summed E-state index contributed by atoms with van der Waals surface area (Å²) in [6.45, 7) is 3.97. The summed E-state index contributed by atoms with van der Waals surface area (Å²) in [5.74, 6) is 0.0714. The predicted molar refractivity (Wildman–Crippen MR) is 94.2 cm³/mol. The van der Waals surface area contributed by atoms with Gasteiger partial charge in [-0.05, 0) is 38.1 Å². The molecule has 120 valence electrons. The van der Waals surface area contributed by atoms with Crippen LogP contribution in [0.15, 0.2) is 36.4 Å². The molecule has 0 spiro atoms. The molecule has 0 N–H and O–H groups in total. The van der Waals surface area contributed by atoms with Gasteiger partial charge in [-0.3, -0.25) is 9.59 Å². The molecule has 4 nitrogen and oxygen atoms in total. The van der Waals surface area contributed by atoms with E-state index in [1.165, 1.54) is 4.88 Å². The van der Waals surface area contributed by atoms with E-state index in [4.69, 9.17) is 0 Å². The van der Waals surface area contributed by atoms with Crippen LogP contribution in [0.3, 0.4) is 0 Å². The minimum absolute atomic E-state index is 0.0345. The van der Waals surface area contributed by atoms with Gasteiger partial charge in [-0.15, -0.1) is 11.3 Å². The Morgan fingerprint density at radius 2 is 1.91 bits per heavy atom. The van der Waals surface area contributed by atoms with E-state index in [2.05, 4.69) is 0 Å². The average Bonchev–Trinajstić information content (AvgIpc) is 2.88. The average molecular weight is 328 g/mol. The molecule has 1 aromatic carbocycles. The standard InChI is InChI=1S/C18H20N2O2S/c1-12-10-17(21)19(3)15-6-4-5-7-16(15)20(12)18(22)11-14-9-8-13(2)23-14/h4-9,12H,10-11H2,1-3H3. The van der Waals surface area contributed by atoms with Crippen molar-refractivity contribution in [1.29, 1.82) is 0 Å². The molecule has 0 fully saturated rings. The van der Waals surface area contributed by atoms with Crippen LogP contribution in [-0.4, -0.2) is 24.9 Å². The maximum Gasteiger partial charge on any atom is 0.232 e. The summed E-state index contributed by atoms with van der Waals surface area (Å²) in [5, 5.41) is 0. The van der Waals surface area contributed by atoms with Gasteiger partial charge < -0.3 is 9.80 Å². The second-order valence-electron chi connectivity index (χ2n) is 5.95. The highest BCUT2D eigenvalue weighted by atomic mass is 32.1. The number of amides is 2. The van der Waals surface area contributed by atoms with Crippen LogP contribution in [0.2, 0.25) is 0 Å².